The van der Waals surface area contributed by atoms with Gasteiger partial charge in [0.05, 0.1) is 0 Å². The van der Waals surface area contributed by atoms with Crippen molar-refractivity contribution in [3.63, 3.8) is 0 Å². The summed E-state index contributed by atoms with van der Waals surface area (Å²) in [5.41, 5.74) is 3.86. The molecule has 2 aromatic heterocycles. The zero-order chi connectivity index (χ0) is 26.0. The van der Waals surface area contributed by atoms with Gasteiger partial charge in [-0.25, -0.2) is 0 Å². The Bertz CT molecular complexity index is 2150. The zero-order valence-electron chi connectivity index (χ0n) is 21.1. The molecular weight excluding hydrogens is 495 g/mol. The van der Waals surface area contributed by atoms with E-state index in [2.05, 4.69) is 101 Å². The second kappa shape index (κ2) is 8.47. The van der Waals surface area contributed by atoms with Crippen LogP contribution in [0, 0.1) is 0 Å². The first-order valence-corrected chi connectivity index (χ1v) is 15.2. The Labute approximate surface area is 226 Å². The van der Waals surface area contributed by atoms with E-state index in [0.717, 1.165) is 43.5 Å². The molecule has 0 aliphatic heterocycles. The van der Waals surface area contributed by atoms with Crippen molar-refractivity contribution >= 4 is 72.5 Å². The van der Waals surface area contributed by atoms with Crippen LogP contribution in [-0.4, -0.2) is 14.3 Å². The molecule has 2 heterocycles. The van der Waals surface area contributed by atoms with Gasteiger partial charge in [0.25, 0.3) is 0 Å². The maximum absolute atomic E-state index is 13.0. The summed E-state index contributed by atoms with van der Waals surface area (Å²) in [6.07, 6.45) is 0. The van der Waals surface area contributed by atoms with E-state index in [-0.39, 0.29) is 0 Å². The van der Waals surface area contributed by atoms with E-state index in [1.54, 1.807) is 0 Å². The topological polar surface area (TPSA) is 37.5 Å². The number of hydrogen-bond acceptors (Lipinski definition) is 2. The molecule has 0 saturated carbocycles. The van der Waals surface area contributed by atoms with Crippen molar-refractivity contribution < 1.29 is 4.89 Å². The summed E-state index contributed by atoms with van der Waals surface area (Å²) in [5.74, 6) is 0. The van der Waals surface area contributed by atoms with Crippen molar-refractivity contribution in [2.45, 2.75) is 0 Å². The van der Waals surface area contributed by atoms with E-state index in [1.807, 2.05) is 42.5 Å². The Morgan fingerprint density at radius 1 is 0.538 bits per heavy atom. The third-order valence-corrected chi connectivity index (χ3v) is 11.6. The first-order chi connectivity index (χ1) is 19.2. The van der Waals surface area contributed by atoms with Gasteiger partial charge in [0, 0.05) is 0 Å². The average molecular weight is 521 g/mol. The molecule has 0 unspecified atom stereocenters. The number of para-hydroxylation sites is 2. The molecule has 39 heavy (non-hydrogen) atoms. The number of benzene rings is 6. The summed E-state index contributed by atoms with van der Waals surface area (Å²) in [5, 5.41) is 8.71. The fraction of sp³-hybridized carbons (Fsp3) is 0. The van der Waals surface area contributed by atoms with Gasteiger partial charge in [-0.3, -0.25) is 0 Å². The summed E-state index contributed by atoms with van der Waals surface area (Å²) < 4.78 is 2.29. The van der Waals surface area contributed by atoms with E-state index in [0.29, 0.717) is 0 Å². The molecule has 186 valence electrons. The number of pyridine rings is 1. The van der Waals surface area contributed by atoms with E-state index < -0.39 is 7.49 Å². The first-order valence-electron chi connectivity index (χ1n) is 13.2. The number of imidazole rings is 1. The van der Waals surface area contributed by atoms with Gasteiger partial charge in [0.15, 0.2) is 0 Å². The van der Waals surface area contributed by atoms with Gasteiger partial charge in [0.1, 0.15) is 0 Å². The van der Waals surface area contributed by atoms with Gasteiger partial charge < -0.3 is 0 Å². The molecule has 0 aliphatic carbocycles. The second-order valence-corrected chi connectivity index (χ2v) is 13.2. The minimum absolute atomic E-state index is 0.885. The first kappa shape index (κ1) is 22.4. The van der Waals surface area contributed by atoms with Gasteiger partial charge in [-0.1, -0.05) is 0 Å². The molecule has 3 nitrogen and oxygen atoms in total. The fourth-order valence-electron chi connectivity index (χ4n) is 6.29. The van der Waals surface area contributed by atoms with Crippen LogP contribution in [0.15, 0.2) is 140 Å². The predicted octanol–water partition coefficient (Wildman–Crippen LogP) is 6.88. The van der Waals surface area contributed by atoms with Crippen molar-refractivity contribution in [1.82, 2.24) is 9.38 Å². The van der Waals surface area contributed by atoms with Crippen LogP contribution in [0.5, 0.6) is 0 Å². The van der Waals surface area contributed by atoms with Crippen LogP contribution in [0.4, 0.5) is 0 Å². The van der Waals surface area contributed by atoms with Crippen molar-refractivity contribution in [3.8, 4) is 0 Å². The number of nitrogens with zero attached hydrogens (tertiary/aromatic N) is 2. The van der Waals surface area contributed by atoms with Crippen molar-refractivity contribution in [1.29, 1.82) is 0 Å². The number of fused-ring (bicyclic) bond motifs is 10. The maximum atomic E-state index is 13.0. The molecule has 0 bridgehead atoms. The Morgan fingerprint density at radius 2 is 1.18 bits per heavy atom. The molecular formula is C35H25N2OP. The third kappa shape index (κ3) is 3.15. The molecule has 8 aromatic rings. The van der Waals surface area contributed by atoms with Crippen LogP contribution < -0.4 is 15.9 Å². The predicted molar refractivity (Wildman–Crippen MR) is 168 cm³/mol. The molecule has 0 spiro atoms. The Balaban J connectivity index is 1.62. The standard InChI is InChI=1S/C35H25N2OP/c38-39(25-13-3-1-4-14-25,26-15-5-2-6-16-26)32-21-11-19-30-34(32)37-31-20-10-9-18-28(31)29-23-22-24-12-7-8-17-27(24)33(29)35(37)36-30/h1-23,38-39H. The van der Waals surface area contributed by atoms with Crippen molar-refractivity contribution in [2.24, 2.45) is 0 Å². The van der Waals surface area contributed by atoms with E-state index >= 15 is 0 Å². The van der Waals surface area contributed by atoms with E-state index in [9.17, 15) is 4.89 Å². The number of hydrogen-bond donors (Lipinski definition) is 1. The molecule has 0 saturated heterocycles. The van der Waals surface area contributed by atoms with E-state index in [1.165, 1.54) is 21.5 Å². The average Bonchev–Trinajstić information content (AvgIpc) is 3.41. The van der Waals surface area contributed by atoms with Gasteiger partial charge in [-0.15, -0.1) is 0 Å². The monoisotopic (exact) mass is 520 g/mol. The quantitative estimate of drug-likeness (QED) is 0.204. The van der Waals surface area contributed by atoms with Crippen LogP contribution in [0.3, 0.4) is 0 Å². The fourth-order valence-corrected chi connectivity index (χ4v) is 9.52. The molecule has 1 N–H and O–H groups in total. The van der Waals surface area contributed by atoms with Crippen LogP contribution in [0.2, 0.25) is 0 Å². The molecule has 6 aromatic carbocycles. The van der Waals surface area contributed by atoms with Gasteiger partial charge in [-0.2, -0.15) is 0 Å². The van der Waals surface area contributed by atoms with Crippen LogP contribution in [-0.2, 0) is 0 Å². The van der Waals surface area contributed by atoms with Crippen molar-refractivity contribution in [2.75, 3.05) is 0 Å². The SMILES string of the molecule is O[PH](c1ccccc1)(c1ccccc1)c1cccc2nc3c4c5ccccc5ccc4c4ccccc4n3c12. The molecule has 8 rings (SSSR count). The number of aromatic nitrogens is 2. The van der Waals surface area contributed by atoms with Gasteiger partial charge >= 0.3 is 226 Å². The van der Waals surface area contributed by atoms with Crippen molar-refractivity contribution in [3.05, 3.63) is 140 Å². The van der Waals surface area contributed by atoms with E-state index in [4.69, 9.17) is 4.98 Å². The molecule has 4 heteroatoms. The summed E-state index contributed by atoms with van der Waals surface area (Å²) in [6, 6.07) is 48.0. The van der Waals surface area contributed by atoms with Crippen LogP contribution in [0.1, 0.15) is 0 Å². The van der Waals surface area contributed by atoms with Crippen LogP contribution >= 0.6 is 7.49 Å². The molecule has 0 amide bonds. The second-order valence-electron chi connectivity index (χ2n) is 10.1. The normalized spacial score (nSPS) is 12.6. The number of rotatable bonds is 3. The third-order valence-electron chi connectivity index (χ3n) is 8.04. The Hall–Kier alpha value is -4.56. The summed E-state index contributed by atoms with van der Waals surface area (Å²) in [6.45, 7) is 0. The zero-order valence-corrected chi connectivity index (χ0v) is 22.1. The van der Waals surface area contributed by atoms with Crippen LogP contribution in [0.25, 0.3) is 49.1 Å². The Morgan fingerprint density at radius 3 is 1.92 bits per heavy atom. The molecule has 0 radical (unpaired) electrons. The summed E-state index contributed by atoms with van der Waals surface area (Å²) in [4.78, 5) is 18.2. The summed E-state index contributed by atoms with van der Waals surface area (Å²) in [7, 11) is -3.39. The molecule has 0 fully saturated rings. The molecule has 0 atom stereocenters. The molecule has 0 aliphatic rings. The van der Waals surface area contributed by atoms with Gasteiger partial charge in [-0.05, 0) is 0 Å². The van der Waals surface area contributed by atoms with Gasteiger partial charge in [0.2, 0.25) is 0 Å². The Kier molecular flexibility index (Phi) is 4.87. The minimum atomic E-state index is -3.39. The summed E-state index contributed by atoms with van der Waals surface area (Å²) >= 11 is 0.